The summed E-state index contributed by atoms with van der Waals surface area (Å²) in [6.07, 6.45) is -1.55. The molecule has 0 aliphatic heterocycles. The molecule has 0 saturated heterocycles. The van der Waals surface area contributed by atoms with Crippen molar-refractivity contribution in [1.82, 2.24) is 9.78 Å². The van der Waals surface area contributed by atoms with E-state index in [0.717, 1.165) is 15.8 Å². The summed E-state index contributed by atoms with van der Waals surface area (Å²) >= 11 is 0. The molecule has 108 valence electrons. The highest BCUT2D eigenvalue weighted by atomic mass is 19.4. The maximum atomic E-state index is 12.3. The van der Waals surface area contributed by atoms with Crippen molar-refractivity contribution < 1.29 is 17.9 Å². The zero-order chi connectivity index (χ0) is 14.9. The van der Waals surface area contributed by atoms with Gasteiger partial charge in [0, 0.05) is 11.8 Å². The van der Waals surface area contributed by atoms with Crippen molar-refractivity contribution >= 4 is 5.69 Å². The molecule has 0 bridgehead atoms. The number of halogens is 3. The van der Waals surface area contributed by atoms with Gasteiger partial charge in [0.2, 0.25) is 0 Å². The zero-order valence-electron chi connectivity index (χ0n) is 11.0. The van der Waals surface area contributed by atoms with Gasteiger partial charge in [-0.3, -0.25) is 4.68 Å². The molecule has 0 fully saturated rings. The van der Waals surface area contributed by atoms with Crippen LogP contribution in [-0.2, 0) is 6.54 Å². The van der Waals surface area contributed by atoms with Gasteiger partial charge in [0.05, 0.1) is 19.0 Å². The number of nitrogen functional groups attached to an aromatic ring is 1. The number of ether oxygens (including phenoxy) is 1. The van der Waals surface area contributed by atoms with E-state index >= 15 is 0 Å². The van der Waals surface area contributed by atoms with Crippen LogP contribution in [-0.4, -0.2) is 23.1 Å². The highest BCUT2D eigenvalue weighted by molar-refractivity contribution is 5.72. The Hall–Kier alpha value is -2.18. The smallest absolute Gasteiger partial charge is 0.408 e. The van der Waals surface area contributed by atoms with Crippen LogP contribution in [0, 0.1) is 6.92 Å². The number of nitrogens with two attached hydrogens (primary N) is 1. The normalized spacial score (nSPS) is 11.7. The van der Waals surface area contributed by atoms with Crippen molar-refractivity contribution in [2.75, 3.05) is 12.8 Å². The second-order valence-electron chi connectivity index (χ2n) is 4.45. The third-order valence-electron chi connectivity index (χ3n) is 2.86. The predicted molar refractivity (Wildman–Crippen MR) is 69.4 cm³/mol. The van der Waals surface area contributed by atoms with Crippen molar-refractivity contribution in [3.05, 3.63) is 30.1 Å². The molecule has 0 aliphatic carbocycles. The zero-order valence-corrected chi connectivity index (χ0v) is 11.0. The van der Waals surface area contributed by atoms with E-state index in [4.69, 9.17) is 10.5 Å². The van der Waals surface area contributed by atoms with Gasteiger partial charge in [-0.1, -0.05) is 0 Å². The van der Waals surface area contributed by atoms with Gasteiger partial charge in [-0.15, -0.1) is 0 Å². The summed E-state index contributed by atoms with van der Waals surface area (Å²) in [5.41, 5.74) is 8.43. The van der Waals surface area contributed by atoms with Gasteiger partial charge in [0.25, 0.3) is 0 Å². The second-order valence-corrected chi connectivity index (χ2v) is 4.45. The Bertz CT molecular complexity index is 620. The number of aromatic nitrogens is 2. The van der Waals surface area contributed by atoms with Crippen LogP contribution >= 0.6 is 0 Å². The van der Waals surface area contributed by atoms with Crippen molar-refractivity contribution in [3.63, 3.8) is 0 Å². The average molecular weight is 285 g/mol. The first-order valence-electron chi connectivity index (χ1n) is 5.84. The van der Waals surface area contributed by atoms with E-state index in [1.54, 1.807) is 12.1 Å². The fourth-order valence-electron chi connectivity index (χ4n) is 1.97. The standard InChI is InChI=1S/C13H14F3N3O/c1-8-3-11(17)12(20-2)4-10(8)9-5-18-19(6-9)7-13(14,15)16/h3-6H,7,17H2,1-2H3. The molecule has 0 aliphatic rings. The number of hydrogen-bond acceptors (Lipinski definition) is 3. The molecule has 2 aromatic rings. The number of hydrogen-bond donors (Lipinski definition) is 1. The first kappa shape index (κ1) is 14.2. The fraction of sp³-hybridized carbons (Fsp3) is 0.308. The summed E-state index contributed by atoms with van der Waals surface area (Å²) in [4.78, 5) is 0. The summed E-state index contributed by atoms with van der Waals surface area (Å²) in [5.74, 6) is 0.481. The Morgan fingerprint density at radius 3 is 2.65 bits per heavy atom. The quantitative estimate of drug-likeness (QED) is 0.882. The largest absolute Gasteiger partial charge is 0.495 e. The lowest BCUT2D eigenvalue weighted by Gasteiger charge is -2.10. The van der Waals surface area contributed by atoms with Crippen LogP contribution in [0.4, 0.5) is 18.9 Å². The SMILES string of the molecule is COc1cc(-c2cnn(CC(F)(F)F)c2)c(C)cc1N. The number of anilines is 1. The molecule has 2 N–H and O–H groups in total. The number of benzene rings is 1. The number of nitrogens with zero attached hydrogens (tertiary/aromatic N) is 2. The maximum Gasteiger partial charge on any atom is 0.408 e. The molecular weight excluding hydrogens is 271 g/mol. The van der Waals surface area contributed by atoms with E-state index in [1.165, 1.54) is 19.5 Å². The Kier molecular flexibility index (Phi) is 3.61. The van der Waals surface area contributed by atoms with Gasteiger partial charge in [-0.2, -0.15) is 18.3 Å². The predicted octanol–water partition coefficient (Wildman–Crippen LogP) is 3.01. The highest BCUT2D eigenvalue weighted by Gasteiger charge is 2.28. The van der Waals surface area contributed by atoms with Crippen LogP contribution in [0.15, 0.2) is 24.5 Å². The molecule has 1 aromatic carbocycles. The van der Waals surface area contributed by atoms with Gasteiger partial charge in [0.15, 0.2) is 0 Å². The van der Waals surface area contributed by atoms with Crippen molar-refractivity contribution in [2.24, 2.45) is 0 Å². The molecule has 7 heteroatoms. The lowest BCUT2D eigenvalue weighted by atomic mass is 10.0. The molecule has 0 spiro atoms. The number of aryl methyl sites for hydroxylation is 1. The third kappa shape index (κ3) is 3.04. The van der Waals surface area contributed by atoms with Crippen molar-refractivity contribution in [3.8, 4) is 16.9 Å². The van der Waals surface area contributed by atoms with Crippen LogP contribution in [0.3, 0.4) is 0 Å². The van der Waals surface area contributed by atoms with Crippen molar-refractivity contribution in [2.45, 2.75) is 19.6 Å². The molecule has 0 radical (unpaired) electrons. The summed E-state index contributed by atoms with van der Waals surface area (Å²) in [6, 6.07) is 3.41. The number of methoxy groups -OCH3 is 1. The minimum absolute atomic E-state index is 0.481. The van der Waals surface area contributed by atoms with E-state index in [1.807, 2.05) is 6.92 Å². The molecule has 0 atom stereocenters. The molecule has 2 rings (SSSR count). The van der Waals surface area contributed by atoms with Crippen LogP contribution in [0.1, 0.15) is 5.56 Å². The first-order chi connectivity index (χ1) is 9.30. The summed E-state index contributed by atoms with van der Waals surface area (Å²) in [7, 11) is 1.48. The van der Waals surface area contributed by atoms with Crippen LogP contribution < -0.4 is 10.5 Å². The van der Waals surface area contributed by atoms with Crippen LogP contribution in [0.5, 0.6) is 5.75 Å². The molecular formula is C13H14F3N3O. The molecule has 0 saturated carbocycles. The van der Waals surface area contributed by atoms with E-state index in [-0.39, 0.29) is 0 Å². The summed E-state index contributed by atoms with van der Waals surface area (Å²) < 4.78 is 42.9. The molecule has 20 heavy (non-hydrogen) atoms. The van der Waals surface area contributed by atoms with Gasteiger partial charge in [0.1, 0.15) is 12.3 Å². The van der Waals surface area contributed by atoms with Crippen molar-refractivity contribution in [1.29, 1.82) is 0 Å². The van der Waals surface area contributed by atoms with Gasteiger partial charge >= 0.3 is 6.18 Å². The average Bonchev–Trinajstić information content (AvgIpc) is 2.75. The highest BCUT2D eigenvalue weighted by Crippen LogP contribution is 2.32. The minimum Gasteiger partial charge on any atom is -0.495 e. The lowest BCUT2D eigenvalue weighted by molar-refractivity contribution is -0.142. The van der Waals surface area contributed by atoms with E-state index in [0.29, 0.717) is 17.0 Å². The van der Waals surface area contributed by atoms with Gasteiger partial charge in [-0.05, 0) is 30.2 Å². The van der Waals surface area contributed by atoms with Gasteiger partial charge < -0.3 is 10.5 Å². The number of rotatable bonds is 3. The Labute approximate surface area is 114 Å². The first-order valence-corrected chi connectivity index (χ1v) is 5.84. The summed E-state index contributed by atoms with van der Waals surface area (Å²) in [5, 5.41) is 3.72. The van der Waals surface area contributed by atoms with E-state index in [2.05, 4.69) is 5.10 Å². The van der Waals surface area contributed by atoms with E-state index in [9.17, 15) is 13.2 Å². The third-order valence-corrected chi connectivity index (χ3v) is 2.86. The lowest BCUT2D eigenvalue weighted by Crippen LogP contribution is -2.17. The van der Waals surface area contributed by atoms with E-state index < -0.39 is 12.7 Å². The van der Waals surface area contributed by atoms with Gasteiger partial charge in [-0.25, -0.2) is 0 Å². The Morgan fingerprint density at radius 1 is 1.35 bits per heavy atom. The second kappa shape index (κ2) is 5.07. The molecule has 1 heterocycles. The maximum absolute atomic E-state index is 12.3. The summed E-state index contributed by atoms with van der Waals surface area (Å²) in [6.45, 7) is 0.713. The van der Waals surface area contributed by atoms with Crippen LogP contribution in [0.25, 0.3) is 11.1 Å². The Morgan fingerprint density at radius 2 is 2.05 bits per heavy atom. The minimum atomic E-state index is -4.29. The monoisotopic (exact) mass is 285 g/mol. The molecule has 1 aromatic heterocycles. The molecule has 0 unspecified atom stereocenters. The fourth-order valence-corrected chi connectivity index (χ4v) is 1.97. The Balaban J connectivity index is 2.37. The number of alkyl halides is 3. The molecule has 0 amide bonds. The molecule has 4 nitrogen and oxygen atoms in total. The topological polar surface area (TPSA) is 53.1 Å². The van der Waals surface area contributed by atoms with Crippen LogP contribution in [0.2, 0.25) is 0 Å².